The molecule has 1 aliphatic carbocycles. The molecular weight excluding hydrogens is 796 g/mol. The van der Waals surface area contributed by atoms with Crippen molar-refractivity contribution in [3.05, 3.63) is 162 Å². The van der Waals surface area contributed by atoms with Crippen LogP contribution in [0.15, 0.2) is 144 Å². The van der Waals surface area contributed by atoms with E-state index in [0.717, 1.165) is 38.8 Å². The zero-order chi connectivity index (χ0) is 43.6. The van der Waals surface area contributed by atoms with Crippen LogP contribution in [0.3, 0.4) is 0 Å². The largest absolute Gasteiger partial charge is 0.456 e. The summed E-state index contributed by atoms with van der Waals surface area (Å²) in [7, 11) is 2.43. The van der Waals surface area contributed by atoms with Crippen molar-refractivity contribution in [1.29, 1.82) is 0 Å². The average molecular weight is 844 g/mol. The summed E-state index contributed by atoms with van der Waals surface area (Å²) in [6.07, 6.45) is 0. The molecule has 0 fully saturated rings. The Morgan fingerprint density at radius 1 is 0.547 bits per heavy atom. The van der Waals surface area contributed by atoms with Crippen LogP contribution in [0.25, 0.3) is 91.9 Å². The number of anilines is 2. The van der Waals surface area contributed by atoms with Crippen LogP contribution in [0.5, 0.6) is 0 Å². The quantitative estimate of drug-likeness (QED) is 0.180. The Balaban J connectivity index is 1.10. The molecule has 3 aromatic heterocycles. The van der Waals surface area contributed by atoms with Gasteiger partial charge in [0.15, 0.2) is 7.28 Å². The maximum atomic E-state index is 6.57. The Kier molecular flexibility index (Phi) is 7.59. The fraction of sp³-hybridized carbons (Fsp3) is 0.186. The van der Waals surface area contributed by atoms with Crippen molar-refractivity contribution in [3.8, 4) is 27.9 Å². The predicted octanol–water partition coefficient (Wildman–Crippen LogP) is 15.3. The second kappa shape index (κ2) is 12.8. The van der Waals surface area contributed by atoms with Gasteiger partial charge in [-0.2, -0.15) is 0 Å². The van der Waals surface area contributed by atoms with E-state index in [4.69, 9.17) is 4.42 Å². The van der Waals surface area contributed by atoms with E-state index >= 15 is 0 Å². The van der Waals surface area contributed by atoms with Crippen molar-refractivity contribution < 1.29 is 4.42 Å². The third-order valence-electron chi connectivity index (χ3n) is 14.5. The van der Waals surface area contributed by atoms with Crippen LogP contribution in [0.4, 0.5) is 11.4 Å². The van der Waals surface area contributed by atoms with Gasteiger partial charge >= 0.3 is 0 Å². The van der Waals surface area contributed by atoms with E-state index in [0.29, 0.717) is 0 Å². The standard InChI is InChI=1S/C59H48BN2OS/c1-57(2,3)32-17-20-34(21-18-32)61-48-27-44-37-22-19-33(58(4,5)6)25-53(37)64-54(44)30-41(48)38-23-24-39-42-26-46-40(35-13-9-11-15-45(35)59(46,7)8)28-49(42)62-50-29-43-36-14-10-12-16-51(36)63-52(43)31-47(50)60-55(38)56(39)62/h9-31,61H,1-8H3. The van der Waals surface area contributed by atoms with Gasteiger partial charge in [0.25, 0.3) is 0 Å². The van der Waals surface area contributed by atoms with Gasteiger partial charge in [-0.3, -0.25) is 0 Å². The third kappa shape index (κ3) is 5.34. The van der Waals surface area contributed by atoms with E-state index in [9.17, 15) is 0 Å². The second-order valence-corrected chi connectivity index (χ2v) is 22.0. The molecule has 4 heterocycles. The van der Waals surface area contributed by atoms with E-state index in [1.807, 2.05) is 11.3 Å². The fourth-order valence-corrected chi connectivity index (χ4v) is 12.2. The average Bonchev–Trinajstić information content (AvgIpc) is 3.98. The monoisotopic (exact) mass is 843 g/mol. The van der Waals surface area contributed by atoms with Crippen LogP contribution in [0, 0.1) is 0 Å². The SMILES string of the molecule is CC(C)(C)c1ccc(Nc2cc3c(cc2-c2ccc4c5cc6c(cc5n5c4c2[B]c2cc4oc7ccccc7c4cc2-5)-c2ccccc2C6(C)C)sc2cc(C(C)(C)C)ccc23)cc1. The molecule has 13 rings (SSSR count). The highest BCUT2D eigenvalue weighted by molar-refractivity contribution is 7.25. The van der Waals surface area contributed by atoms with Crippen molar-refractivity contribution >= 4 is 105 Å². The first kappa shape index (κ1) is 38.0. The van der Waals surface area contributed by atoms with E-state index in [1.54, 1.807) is 0 Å². The van der Waals surface area contributed by atoms with Crippen molar-refractivity contribution in [2.24, 2.45) is 0 Å². The number of rotatable bonds is 3. The van der Waals surface area contributed by atoms with Gasteiger partial charge in [0.2, 0.25) is 0 Å². The lowest BCUT2D eigenvalue weighted by Crippen LogP contribution is -2.37. The van der Waals surface area contributed by atoms with Gasteiger partial charge in [-0.05, 0) is 116 Å². The van der Waals surface area contributed by atoms with Gasteiger partial charge < -0.3 is 14.3 Å². The van der Waals surface area contributed by atoms with Crippen LogP contribution in [0.2, 0.25) is 0 Å². The van der Waals surface area contributed by atoms with Gasteiger partial charge in [0.1, 0.15) is 11.2 Å². The van der Waals surface area contributed by atoms with Crippen LogP contribution < -0.4 is 16.2 Å². The molecule has 0 atom stereocenters. The zero-order valence-corrected chi connectivity index (χ0v) is 38.4. The lowest BCUT2D eigenvalue weighted by atomic mass is 9.59. The number of fused-ring (bicyclic) bond motifs is 14. The van der Waals surface area contributed by atoms with Crippen molar-refractivity contribution in [1.82, 2.24) is 4.57 Å². The van der Waals surface area contributed by atoms with Crippen LogP contribution in [-0.2, 0) is 16.2 Å². The number of benzene rings is 8. The van der Waals surface area contributed by atoms with Gasteiger partial charge in [-0.1, -0.05) is 140 Å². The Hall–Kier alpha value is -6.56. The molecule has 11 aromatic rings. The topological polar surface area (TPSA) is 30.1 Å². The first-order valence-corrected chi connectivity index (χ1v) is 23.5. The Bertz CT molecular complexity index is 3830. The number of para-hydroxylation sites is 1. The first-order chi connectivity index (χ1) is 30.7. The van der Waals surface area contributed by atoms with E-state index in [-0.39, 0.29) is 16.2 Å². The Labute approximate surface area is 378 Å². The molecule has 2 aliphatic rings. The van der Waals surface area contributed by atoms with Gasteiger partial charge in [-0.15, -0.1) is 11.3 Å². The maximum Gasteiger partial charge on any atom is 0.198 e. The molecule has 1 N–H and O–H groups in total. The Morgan fingerprint density at radius 2 is 1.28 bits per heavy atom. The molecule has 1 radical (unpaired) electrons. The molecule has 1 aliphatic heterocycles. The lowest BCUT2D eigenvalue weighted by Gasteiger charge is -2.24. The molecule has 309 valence electrons. The molecule has 3 nitrogen and oxygen atoms in total. The molecule has 8 aromatic carbocycles. The van der Waals surface area contributed by atoms with E-state index in [1.165, 1.54) is 97.6 Å². The summed E-state index contributed by atoms with van der Waals surface area (Å²) in [5.74, 6) is 0. The normalized spacial score (nSPS) is 14.2. The molecule has 0 saturated carbocycles. The minimum absolute atomic E-state index is 0.0668. The van der Waals surface area contributed by atoms with E-state index in [2.05, 4.69) is 212 Å². The van der Waals surface area contributed by atoms with Gasteiger partial charge in [0.05, 0.1) is 5.52 Å². The number of nitrogens with zero attached hydrogens (tertiary/aromatic N) is 1. The third-order valence-corrected chi connectivity index (χ3v) is 15.7. The summed E-state index contributed by atoms with van der Waals surface area (Å²) in [6, 6.07) is 52.8. The van der Waals surface area contributed by atoms with Crippen LogP contribution in [-0.4, -0.2) is 11.8 Å². The fourth-order valence-electron chi connectivity index (χ4n) is 11.0. The summed E-state index contributed by atoms with van der Waals surface area (Å²) in [5, 5.41) is 11.4. The molecular formula is C59H48BN2OS. The van der Waals surface area contributed by atoms with Gasteiger partial charge in [0, 0.05) is 75.3 Å². The molecule has 5 heteroatoms. The summed E-state index contributed by atoms with van der Waals surface area (Å²) in [5.41, 5.74) is 20.5. The second-order valence-electron chi connectivity index (χ2n) is 20.9. The minimum Gasteiger partial charge on any atom is -0.456 e. The van der Waals surface area contributed by atoms with Crippen molar-refractivity contribution in [3.63, 3.8) is 0 Å². The van der Waals surface area contributed by atoms with Crippen LogP contribution >= 0.6 is 11.3 Å². The first-order valence-electron chi connectivity index (χ1n) is 22.7. The molecule has 0 bridgehead atoms. The summed E-state index contributed by atoms with van der Waals surface area (Å²) in [4.78, 5) is 0. The number of hydrogen-bond acceptors (Lipinski definition) is 3. The molecule has 0 amide bonds. The summed E-state index contributed by atoms with van der Waals surface area (Å²) < 4.78 is 11.7. The minimum atomic E-state index is -0.109. The number of hydrogen-bond donors (Lipinski definition) is 1. The van der Waals surface area contributed by atoms with E-state index < -0.39 is 0 Å². The number of aromatic nitrogens is 1. The van der Waals surface area contributed by atoms with Crippen molar-refractivity contribution in [2.75, 3.05) is 5.32 Å². The molecule has 0 saturated heterocycles. The summed E-state index contributed by atoms with van der Waals surface area (Å²) >= 11 is 1.90. The zero-order valence-electron chi connectivity index (χ0n) is 37.6. The highest BCUT2D eigenvalue weighted by atomic mass is 32.1. The van der Waals surface area contributed by atoms with Crippen LogP contribution in [0.1, 0.15) is 77.6 Å². The number of thiophene rings is 1. The lowest BCUT2D eigenvalue weighted by molar-refractivity contribution is 0.590. The molecule has 0 unspecified atom stereocenters. The number of furan rings is 1. The molecule has 0 spiro atoms. The maximum absolute atomic E-state index is 6.57. The predicted molar refractivity (Wildman–Crippen MR) is 276 cm³/mol. The smallest absolute Gasteiger partial charge is 0.198 e. The summed E-state index contributed by atoms with van der Waals surface area (Å²) in [6.45, 7) is 18.5. The Morgan fingerprint density at radius 3 is 2.09 bits per heavy atom. The van der Waals surface area contributed by atoms with Gasteiger partial charge in [-0.25, -0.2) is 0 Å². The highest BCUT2D eigenvalue weighted by Gasteiger charge is 2.37. The molecule has 64 heavy (non-hydrogen) atoms. The highest BCUT2D eigenvalue weighted by Crippen LogP contribution is 2.52. The number of nitrogens with one attached hydrogen (secondary N) is 1. The van der Waals surface area contributed by atoms with Crippen molar-refractivity contribution in [2.45, 2.75) is 71.6 Å².